The van der Waals surface area contributed by atoms with E-state index < -0.39 is 0 Å². The van der Waals surface area contributed by atoms with Gasteiger partial charge in [0.05, 0.1) is 11.0 Å². The Hall–Kier alpha value is -7.03. The molecule has 0 amide bonds. The van der Waals surface area contributed by atoms with Crippen LogP contribution in [0.25, 0.3) is 93.9 Å². The molecule has 0 bridgehead atoms. The summed E-state index contributed by atoms with van der Waals surface area (Å²) in [5.74, 6) is 1.07. The second-order valence-electron chi connectivity index (χ2n) is 16.2. The molecule has 10 aromatic rings. The fraction of sp³-hybridized carbons (Fsp3) is 0.0893. The van der Waals surface area contributed by atoms with Crippen LogP contribution in [-0.2, 0) is 11.8 Å². The number of hydrogen-bond acceptors (Lipinski definition) is 1. The Balaban J connectivity index is 1.13. The van der Waals surface area contributed by atoms with E-state index in [2.05, 4.69) is 213 Å². The van der Waals surface area contributed by atoms with Gasteiger partial charge in [0, 0.05) is 17.5 Å². The third-order valence-corrected chi connectivity index (χ3v) is 12.5. The Labute approximate surface area is 339 Å². The Morgan fingerprint density at radius 3 is 1.84 bits per heavy atom. The van der Waals surface area contributed by atoms with Crippen molar-refractivity contribution in [3.63, 3.8) is 0 Å². The maximum atomic E-state index is 4.97. The molecule has 11 rings (SSSR count). The van der Waals surface area contributed by atoms with Gasteiger partial charge in [0.15, 0.2) is 0 Å². The number of para-hydroxylation sites is 2. The van der Waals surface area contributed by atoms with Crippen molar-refractivity contribution in [3.05, 3.63) is 205 Å². The fourth-order valence-corrected chi connectivity index (χ4v) is 9.75. The molecule has 0 N–H and O–H groups in total. The Bertz CT molecular complexity index is 3240. The third kappa shape index (κ3) is 5.29. The quantitative estimate of drug-likeness (QED) is 0.155. The summed E-state index contributed by atoms with van der Waals surface area (Å²) in [7, 11) is 0. The summed E-state index contributed by atoms with van der Waals surface area (Å²) >= 11 is 0. The normalized spacial score (nSPS) is 12.9. The van der Waals surface area contributed by atoms with Crippen molar-refractivity contribution in [2.75, 3.05) is 0 Å². The maximum Gasteiger partial charge on any atom is 0.114 e. The number of imidazole rings is 1. The lowest BCUT2D eigenvalue weighted by atomic mass is 9.80. The molecule has 9 aromatic carbocycles. The van der Waals surface area contributed by atoms with Crippen molar-refractivity contribution < 1.29 is 0 Å². The van der Waals surface area contributed by atoms with Gasteiger partial charge in [0.1, 0.15) is 5.82 Å². The number of aromatic nitrogens is 2. The number of benzene rings is 9. The minimum atomic E-state index is -0.0938. The van der Waals surface area contributed by atoms with E-state index in [0.29, 0.717) is 0 Å². The molecule has 1 aliphatic carbocycles. The standard InChI is InChI=1S/C56H42N2/c1-4-53-57-51-26-12-13-27-52(51)58(53)42-21-15-19-38(33-42)37-18-14-20-40(32-37)54-45-23-8-9-24-46(45)55(48-34-39(28-31-47(48)54)36-16-6-5-7-17-36)41-29-30-44-43-22-10-11-25-49(43)56(2,3)50(44)35-41/h5-35H,4H2,1-3H3. The molecule has 0 saturated carbocycles. The number of aryl methyl sites for hydroxylation is 1. The molecule has 276 valence electrons. The molecule has 0 saturated heterocycles. The van der Waals surface area contributed by atoms with Gasteiger partial charge in [-0.25, -0.2) is 4.98 Å². The minimum Gasteiger partial charge on any atom is -0.296 e. The predicted octanol–water partition coefficient (Wildman–Crippen LogP) is 14.9. The van der Waals surface area contributed by atoms with Crippen LogP contribution in [-0.4, -0.2) is 9.55 Å². The van der Waals surface area contributed by atoms with Gasteiger partial charge >= 0.3 is 0 Å². The van der Waals surface area contributed by atoms with Gasteiger partial charge in [-0.15, -0.1) is 0 Å². The van der Waals surface area contributed by atoms with Crippen LogP contribution in [0.1, 0.15) is 37.7 Å². The van der Waals surface area contributed by atoms with Crippen LogP contribution in [0.15, 0.2) is 188 Å². The summed E-state index contributed by atoms with van der Waals surface area (Å²) in [5.41, 5.74) is 18.5. The minimum absolute atomic E-state index is 0.0938. The molecule has 0 radical (unpaired) electrons. The molecule has 0 aliphatic heterocycles. The van der Waals surface area contributed by atoms with Crippen LogP contribution in [0, 0.1) is 0 Å². The highest BCUT2D eigenvalue weighted by atomic mass is 15.1. The van der Waals surface area contributed by atoms with Crippen molar-refractivity contribution in [2.24, 2.45) is 0 Å². The lowest BCUT2D eigenvalue weighted by molar-refractivity contribution is 0.660. The highest BCUT2D eigenvalue weighted by Crippen LogP contribution is 2.51. The molecule has 0 atom stereocenters. The first-order valence-corrected chi connectivity index (χ1v) is 20.4. The first-order chi connectivity index (χ1) is 28.5. The summed E-state index contributed by atoms with van der Waals surface area (Å²) in [4.78, 5) is 4.97. The largest absolute Gasteiger partial charge is 0.296 e. The smallest absolute Gasteiger partial charge is 0.114 e. The topological polar surface area (TPSA) is 17.8 Å². The Morgan fingerprint density at radius 1 is 0.431 bits per heavy atom. The van der Waals surface area contributed by atoms with Gasteiger partial charge in [0.2, 0.25) is 0 Å². The van der Waals surface area contributed by atoms with Crippen molar-refractivity contribution >= 4 is 32.6 Å². The van der Waals surface area contributed by atoms with E-state index in [-0.39, 0.29) is 5.41 Å². The summed E-state index contributed by atoms with van der Waals surface area (Å²) in [6.07, 6.45) is 0.855. The van der Waals surface area contributed by atoms with E-state index in [1.54, 1.807) is 0 Å². The van der Waals surface area contributed by atoms with Gasteiger partial charge in [-0.2, -0.15) is 0 Å². The second-order valence-corrected chi connectivity index (χ2v) is 16.2. The summed E-state index contributed by atoms with van der Waals surface area (Å²) < 4.78 is 2.31. The Kier molecular flexibility index (Phi) is 7.84. The average Bonchev–Trinajstić information content (AvgIpc) is 3.77. The molecular weight excluding hydrogens is 701 g/mol. The van der Waals surface area contributed by atoms with Crippen molar-refractivity contribution in [1.82, 2.24) is 9.55 Å². The summed E-state index contributed by atoms with van der Waals surface area (Å²) in [5, 5.41) is 5.02. The van der Waals surface area contributed by atoms with E-state index in [9.17, 15) is 0 Å². The van der Waals surface area contributed by atoms with E-state index in [0.717, 1.165) is 29.0 Å². The summed E-state index contributed by atoms with van der Waals surface area (Å²) in [6.45, 7) is 6.92. The van der Waals surface area contributed by atoms with Gasteiger partial charge in [-0.1, -0.05) is 166 Å². The molecule has 0 unspecified atom stereocenters. The van der Waals surface area contributed by atoms with Crippen molar-refractivity contribution in [3.8, 4) is 61.3 Å². The van der Waals surface area contributed by atoms with E-state index in [1.807, 2.05) is 0 Å². The monoisotopic (exact) mass is 742 g/mol. The average molecular weight is 743 g/mol. The van der Waals surface area contributed by atoms with Gasteiger partial charge in [0.25, 0.3) is 0 Å². The van der Waals surface area contributed by atoms with Crippen molar-refractivity contribution in [1.29, 1.82) is 0 Å². The van der Waals surface area contributed by atoms with Gasteiger partial charge < -0.3 is 0 Å². The van der Waals surface area contributed by atoms with Crippen LogP contribution in [0.3, 0.4) is 0 Å². The van der Waals surface area contributed by atoms with Crippen molar-refractivity contribution in [2.45, 2.75) is 32.6 Å². The zero-order valence-electron chi connectivity index (χ0n) is 33.0. The van der Waals surface area contributed by atoms with Crippen LogP contribution < -0.4 is 0 Å². The molecule has 0 spiro atoms. The molecule has 2 nitrogen and oxygen atoms in total. The second kappa shape index (κ2) is 13.3. The van der Waals surface area contributed by atoms with Crippen LogP contribution in [0.2, 0.25) is 0 Å². The zero-order valence-corrected chi connectivity index (χ0v) is 33.0. The lowest BCUT2D eigenvalue weighted by Crippen LogP contribution is -2.14. The SMILES string of the molecule is CCc1nc2ccccc2n1-c1cccc(-c2cccc(-c3c4ccccc4c(-c4ccc5c(c4)C(C)(C)c4ccccc4-5)c4cc(-c5ccccc5)ccc34)c2)c1. The number of rotatable bonds is 6. The molecule has 1 heterocycles. The zero-order chi connectivity index (χ0) is 39.0. The maximum absolute atomic E-state index is 4.97. The molecule has 1 aromatic heterocycles. The molecular formula is C56H42N2. The molecule has 0 fully saturated rings. The summed E-state index contributed by atoms with van der Waals surface area (Å²) in [6, 6.07) is 69.5. The van der Waals surface area contributed by atoms with E-state index in [4.69, 9.17) is 4.98 Å². The lowest BCUT2D eigenvalue weighted by Gasteiger charge is -2.23. The number of hydrogen-bond donors (Lipinski definition) is 0. The third-order valence-electron chi connectivity index (χ3n) is 12.5. The van der Waals surface area contributed by atoms with Crippen LogP contribution in [0.5, 0.6) is 0 Å². The molecule has 2 heteroatoms. The predicted molar refractivity (Wildman–Crippen MR) is 245 cm³/mol. The van der Waals surface area contributed by atoms with E-state index >= 15 is 0 Å². The Morgan fingerprint density at radius 2 is 1.02 bits per heavy atom. The van der Waals surface area contributed by atoms with Gasteiger partial charge in [-0.05, 0) is 131 Å². The molecule has 58 heavy (non-hydrogen) atoms. The van der Waals surface area contributed by atoms with Gasteiger partial charge in [-0.3, -0.25) is 4.57 Å². The molecule has 1 aliphatic rings. The first-order valence-electron chi connectivity index (χ1n) is 20.4. The number of fused-ring (bicyclic) bond motifs is 6. The highest BCUT2D eigenvalue weighted by Gasteiger charge is 2.35. The highest BCUT2D eigenvalue weighted by molar-refractivity contribution is 6.22. The van der Waals surface area contributed by atoms with Crippen LogP contribution >= 0.6 is 0 Å². The first kappa shape index (κ1) is 34.2. The van der Waals surface area contributed by atoms with Crippen LogP contribution in [0.4, 0.5) is 0 Å². The number of nitrogens with zero attached hydrogens (tertiary/aromatic N) is 2. The fourth-order valence-electron chi connectivity index (χ4n) is 9.75. The van der Waals surface area contributed by atoms with E-state index in [1.165, 1.54) is 88.3 Å².